The minimum atomic E-state index is -0.0967. The minimum absolute atomic E-state index is 0.0967. The van der Waals surface area contributed by atoms with E-state index in [0.29, 0.717) is 6.04 Å². The highest BCUT2D eigenvalue weighted by molar-refractivity contribution is 5.27. The van der Waals surface area contributed by atoms with Crippen LogP contribution in [0.25, 0.3) is 0 Å². The van der Waals surface area contributed by atoms with Gasteiger partial charge in [0, 0.05) is 38.8 Å². The predicted octanol–water partition coefficient (Wildman–Crippen LogP) is 1.52. The Morgan fingerprint density at radius 3 is 2.62 bits per heavy atom. The Kier molecular flexibility index (Phi) is 5.25. The quantitative estimate of drug-likeness (QED) is 0.863. The predicted molar refractivity (Wildman–Crippen MR) is 83.0 cm³/mol. The van der Waals surface area contributed by atoms with Gasteiger partial charge in [-0.1, -0.05) is 24.3 Å². The van der Waals surface area contributed by atoms with Crippen LogP contribution in [0, 0.1) is 0 Å². The first kappa shape index (κ1) is 15.0. The maximum atomic E-state index is 9.60. The van der Waals surface area contributed by atoms with E-state index in [1.54, 1.807) is 0 Å². The highest BCUT2D eigenvalue weighted by atomic mass is 16.5. The second-order valence-electron chi connectivity index (χ2n) is 6.22. The second kappa shape index (κ2) is 7.36. The topological polar surface area (TPSA) is 44.7 Å². The zero-order valence-electron chi connectivity index (χ0n) is 12.6. The van der Waals surface area contributed by atoms with E-state index in [-0.39, 0.29) is 6.10 Å². The van der Waals surface area contributed by atoms with Gasteiger partial charge in [0.2, 0.25) is 0 Å². The summed E-state index contributed by atoms with van der Waals surface area (Å²) in [5, 5.41) is 13.2. The minimum Gasteiger partial charge on any atom is -0.393 e. The van der Waals surface area contributed by atoms with Gasteiger partial charge >= 0.3 is 0 Å². The van der Waals surface area contributed by atoms with Crippen LogP contribution >= 0.6 is 0 Å². The number of hydrogen-bond donors (Lipinski definition) is 2. The molecule has 2 saturated heterocycles. The van der Waals surface area contributed by atoms with Crippen LogP contribution in [0.15, 0.2) is 24.3 Å². The van der Waals surface area contributed by atoms with Gasteiger partial charge in [0.05, 0.1) is 12.7 Å². The maximum Gasteiger partial charge on any atom is 0.0620 e. The fourth-order valence-electron chi connectivity index (χ4n) is 3.15. The molecule has 0 aliphatic carbocycles. The van der Waals surface area contributed by atoms with Gasteiger partial charge in [0.15, 0.2) is 0 Å². The summed E-state index contributed by atoms with van der Waals surface area (Å²) in [4.78, 5) is 2.45. The molecule has 0 aromatic heterocycles. The summed E-state index contributed by atoms with van der Waals surface area (Å²) in [5.74, 6) is 0. The summed E-state index contributed by atoms with van der Waals surface area (Å²) in [5.41, 5.74) is 2.79. The van der Waals surface area contributed by atoms with Crippen LogP contribution in [-0.2, 0) is 17.8 Å². The molecule has 0 bridgehead atoms. The molecule has 116 valence electrons. The molecule has 0 amide bonds. The van der Waals surface area contributed by atoms with Crippen LogP contribution in [0.2, 0.25) is 0 Å². The average molecular weight is 290 g/mol. The van der Waals surface area contributed by atoms with Crippen molar-refractivity contribution in [2.24, 2.45) is 0 Å². The van der Waals surface area contributed by atoms with Gasteiger partial charge in [-0.05, 0) is 30.4 Å². The molecule has 4 nitrogen and oxygen atoms in total. The smallest absolute Gasteiger partial charge is 0.0620 e. The van der Waals surface area contributed by atoms with Crippen LogP contribution in [-0.4, -0.2) is 48.5 Å². The molecule has 2 aliphatic heterocycles. The van der Waals surface area contributed by atoms with Gasteiger partial charge in [-0.25, -0.2) is 0 Å². The fraction of sp³-hybridized carbons (Fsp3) is 0.647. The van der Waals surface area contributed by atoms with Crippen molar-refractivity contribution in [3.8, 4) is 0 Å². The summed E-state index contributed by atoms with van der Waals surface area (Å²) in [7, 11) is 0. The third-order valence-electron chi connectivity index (χ3n) is 4.58. The van der Waals surface area contributed by atoms with E-state index in [1.165, 1.54) is 11.1 Å². The Balaban J connectivity index is 1.56. The van der Waals surface area contributed by atoms with E-state index in [9.17, 15) is 5.11 Å². The molecule has 4 heteroatoms. The van der Waals surface area contributed by atoms with Crippen molar-refractivity contribution in [3.05, 3.63) is 35.4 Å². The lowest BCUT2D eigenvalue weighted by molar-refractivity contribution is 0.0791. The van der Waals surface area contributed by atoms with E-state index in [1.807, 2.05) is 0 Å². The molecular weight excluding hydrogens is 264 g/mol. The highest BCUT2D eigenvalue weighted by Gasteiger charge is 2.18. The fourth-order valence-corrected chi connectivity index (χ4v) is 3.15. The molecule has 1 unspecified atom stereocenters. The van der Waals surface area contributed by atoms with Crippen molar-refractivity contribution < 1.29 is 9.84 Å². The van der Waals surface area contributed by atoms with E-state index in [0.717, 1.165) is 58.7 Å². The first-order chi connectivity index (χ1) is 10.3. The van der Waals surface area contributed by atoms with Gasteiger partial charge in [0.25, 0.3) is 0 Å². The van der Waals surface area contributed by atoms with Crippen molar-refractivity contribution in [3.63, 3.8) is 0 Å². The lowest BCUT2D eigenvalue weighted by Gasteiger charge is -2.30. The Hall–Kier alpha value is -0.940. The standard InChI is InChI=1S/C17H26N2O2/c20-17-5-8-19(9-6-17)12-15-4-2-1-3-14(15)11-18-16-7-10-21-13-16/h1-4,16-18,20H,5-13H2. The molecule has 1 aromatic rings. The molecule has 2 aliphatic rings. The van der Waals surface area contributed by atoms with Crippen molar-refractivity contribution in [2.75, 3.05) is 26.3 Å². The van der Waals surface area contributed by atoms with Crippen molar-refractivity contribution in [1.82, 2.24) is 10.2 Å². The third-order valence-corrected chi connectivity index (χ3v) is 4.58. The maximum absolute atomic E-state index is 9.60. The summed E-state index contributed by atoms with van der Waals surface area (Å²) in [6.45, 7) is 5.63. The Labute approximate surface area is 127 Å². The molecule has 1 atom stereocenters. The number of hydrogen-bond acceptors (Lipinski definition) is 4. The molecule has 3 rings (SSSR count). The monoisotopic (exact) mass is 290 g/mol. The third kappa shape index (κ3) is 4.27. The molecule has 0 radical (unpaired) electrons. The zero-order chi connectivity index (χ0) is 14.5. The summed E-state index contributed by atoms with van der Waals surface area (Å²) in [6.07, 6.45) is 2.83. The molecule has 21 heavy (non-hydrogen) atoms. The number of likely N-dealkylation sites (tertiary alicyclic amines) is 1. The van der Waals surface area contributed by atoms with Crippen molar-refractivity contribution in [2.45, 2.75) is 44.5 Å². The number of nitrogens with one attached hydrogen (secondary N) is 1. The van der Waals surface area contributed by atoms with Crippen molar-refractivity contribution >= 4 is 0 Å². The zero-order valence-corrected chi connectivity index (χ0v) is 12.6. The average Bonchev–Trinajstić information content (AvgIpc) is 3.02. The van der Waals surface area contributed by atoms with Crippen LogP contribution in [0.3, 0.4) is 0 Å². The number of benzene rings is 1. The SMILES string of the molecule is OC1CCN(Cc2ccccc2CNC2CCOC2)CC1. The highest BCUT2D eigenvalue weighted by Crippen LogP contribution is 2.17. The van der Waals surface area contributed by atoms with Crippen LogP contribution in [0.4, 0.5) is 0 Å². The number of aliphatic hydroxyl groups is 1. The largest absolute Gasteiger partial charge is 0.393 e. The summed E-state index contributed by atoms with van der Waals surface area (Å²) < 4.78 is 5.41. The van der Waals surface area contributed by atoms with Gasteiger partial charge < -0.3 is 15.2 Å². The second-order valence-corrected chi connectivity index (χ2v) is 6.22. The van der Waals surface area contributed by atoms with E-state index in [2.05, 4.69) is 34.5 Å². The molecule has 0 spiro atoms. The molecule has 2 N–H and O–H groups in total. The van der Waals surface area contributed by atoms with Gasteiger partial charge in [0.1, 0.15) is 0 Å². The van der Waals surface area contributed by atoms with Crippen LogP contribution in [0.1, 0.15) is 30.4 Å². The van der Waals surface area contributed by atoms with E-state index in [4.69, 9.17) is 4.74 Å². The number of ether oxygens (including phenoxy) is 1. The molecule has 2 fully saturated rings. The van der Waals surface area contributed by atoms with Gasteiger partial charge in [-0.15, -0.1) is 0 Å². The van der Waals surface area contributed by atoms with Gasteiger partial charge in [-0.3, -0.25) is 4.90 Å². The number of aliphatic hydroxyl groups excluding tert-OH is 1. The summed E-state index contributed by atoms with van der Waals surface area (Å²) in [6, 6.07) is 9.19. The van der Waals surface area contributed by atoms with Crippen LogP contribution in [0.5, 0.6) is 0 Å². The molecule has 1 aromatic carbocycles. The van der Waals surface area contributed by atoms with E-state index < -0.39 is 0 Å². The molecule has 0 saturated carbocycles. The number of rotatable bonds is 5. The van der Waals surface area contributed by atoms with E-state index >= 15 is 0 Å². The Morgan fingerprint density at radius 1 is 1.14 bits per heavy atom. The normalized spacial score (nSPS) is 24.5. The first-order valence-corrected chi connectivity index (χ1v) is 8.09. The summed E-state index contributed by atoms with van der Waals surface area (Å²) >= 11 is 0. The lowest BCUT2D eigenvalue weighted by atomic mass is 10.0. The molecule has 2 heterocycles. The first-order valence-electron chi connectivity index (χ1n) is 8.09. The van der Waals surface area contributed by atoms with Crippen LogP contribution < -0.4 is 5.32 Å². The lowest BCUT2D eigenvalue weighted by Crippen LogP contribution is -2.35. The number of piperidine rings is 1. The number of nitrogens with zero attached hydrogens (tertiary/aromatic N) is 1. The van der Waals surface area contributed by atoms with Gasteiger partial charge in [-0.2, -0.15) is 0 Å². The van der Waals surface area contributed by atoms with Crippen molar-refractivity contribution in [1.29, 1.82) is 0 Å². The Morgan fingerprint density at radius 2 is 1.90 bits per heavy atom. The Bertz CT molecular complexity index is 438. The molecular formula is C17H26N2O2.